The zero-order valence-corrected chi connectivity index (χ0v) is 14.8. The zero-order valence-electron chi connectivity index (χ0n) is 13.2. The Balaban J connectivity index is 2.16. The highest BCUT2D eigenvalue weighted by Gasteiger charge is 2.20. The minimum absolute atomic E-state index is 0.00100. The minimum atomic E-state index is -0.786. The molecule has 4 rings (SSSR count). The monoisotopic (exact) mass is 415 g/mol. The molecular formula is C19H11BrFNO4. The molecule has 0 atom stereocenters. The number of hydrogen-bond acceptors (Lipinski definition) is 4. The number of rotatable bonds is 2. The molecule has 130 valence electrons. The maximum atomic E-state index is 14.1. The van der Waals surface area contributed by atoms with Gasteiger partial charge in [-0.05, 0) is 34.1 Å². The molecule has 2 aromatic heterocycles. The Hall–Kier alpha value is -2.93. The summed E-state index contributed by atoms with van der Waals surface area (Å²) in [4.78, 5) is 24.9. The van der Waals surface area contributed by atoms with Crippen molar-refractivity contribution in [3.05, 3.63) is 85.2 Å². The van der Waals surface area contributed by atoms with Crippen LogP contribution in [-0.4, -0.2) is 9.67 Å². The molecule has 7 heteroatoms. The molecular weight excluding hydrogens is 405 g/mol. The van der Waals surface area contributed by atoms with E-state index in [2.05, 4.69) is 15.9 Å². The average molecular weight is 416 g/mol. The summed E-state index contributed by atoms with van der Waals surface area (Å²) in [5.41, 5.74) is -0.565. The molecule has 2 aromatic carbocycles. The average Bonchev–Trinajstić information content (AvgIpc) is 2.64. The van der Waals surface area contributed by atoms with Gasteiger partial charge in [0, 0.05) is 10.9 Å². The topological polar surface area (TPSA) is 72.4 Å². The van der Waals surface area contributed by atoms with Crippen molar-refractivity contribution >= 4 is 37.8 Å². The van der Waals surface area contributed by atoms with Crippen LogP contribution in [0, 0.1) is 5.82 Å². The van der Waals surface area contributed by atoms with Crippen molar-refractivity contribution in [2.45, 2.75) is 6.54 Å². The maximum absolute atomic E-state index is 14.1. The molecule has 0 unspecified atom stereocenters. The maximum Gasteiger partial charge on any atom is 0.354 e. The molecule has 5 nitrogen and oxygen atoms in total. The number of pyridine rings is 1. The molecule has 2 heterocycles. The molecule has 0 aliphatic rings. The van der Waals surface area contributed by atoms with E-state index in [1.807, 2.05) is 0 Å². The number of hydrogen-bond donors (Lipinski definition) is 1. The van der Waals surface area contributed by atoms with Crippen LogP contribution < -0.4 is 11.2 Å². The molecule has 0 bridgehead atoms. The molecule has 0 aliphatic heterocycles. The third kappa shape index (κ3) is 2.43. The fraction of sp³-hybridized carbons (Fsp3) is 0.0526. The molecule has 26 heavy (non-hydrogen) atoms. The minimum Gasteiger partial charge on any atom is -0.506 e. The van der Waals surface area contributed by atoms with Crippen LogP contribution in [0.2, 0.25) is 0 Å². The lowest BCUT2D eigenvalue weighted by molar-refractivity contribution is 0.462. The second-order valence-electron chi connectivity index (χ2n) is 5.76. The van der Waals surface area contributed by atoms with Gasteiger partial charge in [-0.3, -0.25) is 4.79 Å². The van der Waals surface area contributed by atoms with Crippen LogP contribution in [0.15, 0.2) is 67.0 Å². The van der Waals surface area contributed by atoms with Gasteiger partial charge < -0.3 is 14.1 Å². The highest BCUT2D eigenvalue weighted by Crippen LogP contribution is 2.31. The van der Waals surface area contributed by atoms with Crippen LogP contribution in [0.25, 0.3) is 21.9 Å². The molecule has 0 fully saturated rings. The first kappa shape index (κ1) is 16.5. The van der Waals surface area contributed by atoms with Crippen molar-refractivity contribution in [2.24, 2.45) is 0 Å². The second kappa shape index (κ2) is 6.10. The van der Waals surface area contributed by atoms with E-state index in [0.717, 1.165) is 0 Å². The van der Waals surface area contributed by atoms with Gasteiger partial charge in [0.2, 0.25) is 0 Å². The Morgan fingerprint density at radius 2 is 1.77 bits per heavy atom. The summed E-state index contributed by atoms with van der Waals surface area (Å²) in [6, 6.07) is 12.9. The van der Waals surface area contributed by atoms with Gasteiger partial charge in [0.05, 0.1) is 12.1 Å². The number of fused-ring (bicyclic) bond motifs is 3. The summed E-state index contributed by atoms with van der Waals surface area (Å²) in [5.74, 6) is -0.928. The van der Waals surface area contributed by atoms with E-state index >= 15 is 0 Å². The Morgan fingerprint density at radius 1 is 1.08 bits per heavy atom. The molecule has 0 saturated heterocycles. The van der Waals surface area contributed by atoms with Crippen molar-refractivity contribution < 1.29 is 13.9 Å². The second-order valence-corrected chi connectivity index (χ2v) is 6.55. The number of aromatic hydroxyl groups is 1. The Bertz CT molecular complexity index is 1290. The van der Waals surface area contributed by atoms with Crippen LogP contribution in [0.5, 0.6) is 5.75 Å². The molecule has 1 N–H and O–H groups in total. The first-order valence-electron chi connectivity index (χ1n) is 7.69. The van der Waals surface area contributed by atoms with E-state index < -0.39 is 22.8 Å². The summed E-state index contributed by atoms with van der Waals surface area (Å²) in [6.07, 6.45) is 0. The van der Waals surface area contributed by atoms with Crippen LogP contribution in [0.4, 0.5) is 4.39 Å². The van der Waals surface area contributed by atoms with Gasteiger partial charge in [0.15, 0.2) is 11.3 Å². The quantitative estimate of drug-likeness (QED) is 0.505. The van der Waals surface area contributed by atoms with Crippen molar-refractivity contribution in [3.8, 4) is 5.75 Å². The van der Waals surface area contributed by atoms with E-state index in [4.69, 9.17) is 4.42 Å². The summed E-state index contributed by atoms with van der Waals surface area (Å²) in [6.45, 7) is -0.0296. The number of halogens is 2. The van der Waals surface area contributed by atoms with Gasteiger partial charge in [-0.15, -0.1) is 0 Å². The molecule has 0 amide bonds. The third-order valence-electron chi connectivity index (χ3n) is 4.23. The van der Waals surface area contributed by atoms with Crippen LogP contribution >= 0.6 is 15.9 Å². The predicted molar refractivity (Wildman–Crippen MR) is 99.1 cm³/mol. The van der Waals surface area contributed by atoms with Gasteiger partial charge >= 0.3 is 5.63 Å². The van der Waals surface area contributed by atoms with Gasteiger partial charge in [-0.1, -0.05) is 30.3 Å². The summed E-state index contributed by atoms with van der Waals surface area (Å²) < 4.78 is 20.5. The SMILES string of the molecule is O=c1oc2c(c(O)c1Br)c(=O)n(Cc1ccccc1F)c1ccccc21. The first-order valence-corrected chi connectivity index (χ1v) is 8.48. The largest absolute Gasteiger partial charge is 0.506 e. The highest BCUT2D eigenvalue weighted by atomic mass is 79.9. The normalized spacial score (nSPS) is 11.3. The van der Waals surface area contributed by atoms with E-state index in [1.54, 1.807) is 42.5 Å². The Morgan fingerprint density at radius 3 is 2.54 bits per heavy atom. The standard InChI is InChI=1S/C19H11BrFNO4/c20-15-16(23)14-17(26-19(15)25)11-6-2-4-8-13(11)22(18(14)24)9-10-5-1-3-7-12(10)21/h1-8,23H,9H2. The lowest BCUT2D eigenvalue weighted by atomic mass is 10.1. The van der Waals surface area contributed by atoms with Gasteiger partial charge in [0.25, 0.3) is 5.56 Å². The smallest absolute Gasteiger partial charge is 0.354 e. The molecule has 0 spiro atoms. The lowest BCUT2D eigenvalue weighted by Gasteiger charge is -2.13. The van der Waals surface area contributed by atoms with Gasteiger partial charge in [0.1, 0.15) is 15.7 Å². The van der Waals surface area contributed by atoms with Gasteiger partial charge in [-0.2, -0.15) is 0 Å². The van der Waals surface area contributed by atoms with E-state index in [9.17, 15) is 19.1 Å². The van der Waals surface area contributed by atoms with Crippen molar-refractivity contribution in [1.82, 2.24) is 4.57 Å². The van der Waals surface area contributed by atoms with Crippen LogP contribution in [0.3, 0.4) is 0 Å². The van der Waals surface area contributed by atoms with E-state index in [1.165, 1.54) is 10.6 Å². The number of aromatic nitrogens is 1. The summed E-state index contributed by atoms with van der Waals surface area (Å²) >= 11 is 2.94. The fourth-order valence-electron chi connectivity index (χ4n) is 2.99. The molecule has 0 saturated carbocycles. The Kier molecular flexibility index (Phi) is 3.88. The summed E-state index contributed by atoms with van der Waals surface area (Å²) in [5, 5.41) is 10.7. The fourth-order valence-corrected chi connectivity index (χ4v) is 3.27. The van der Waals surface area contributed by atoms with E-state index in [-0.39, 0.29) is 22.0 Å². The highest BCUT2D eigenvalue weighted by molar-refractivity contribution is 9.10. The van der Waals surface area contributed by atoms with Crippen LogP contribution in [0.1, 0.15) is 5.56 Å². The third-order valence-corrected chi connectivity index (χ3v) is 4.93. The zero-order chi connectivity index (χ0) is 18.4. The first-order chi connectivity index (χ1) is 12.5. The van der Waals surface area contributed by atoms with Gasteiger partial charge in [-0.25, -0.2) is 9.18 Å². The van der Waals surface area contributed by atoms with Crippen molar-refractivity contribution in [1.29, 1.82) is 0 Å². The summed E-state index contributed by atoms with van der Waals surface area (Å²) in [7, 11) is 0. The van der Waals surface area contributed by atoms with Crippen LogP contribution in [-0.2, 0) is 6.54 Å². The van der Waals surface area contributed by atoms with Crippen molar-refractivity contribution in [2.75, 3.05) is 0 Å². The van der Waals surface area contributed by atoms with Crippen molar-refractivity contribution in [3.63, 3.8) is 0 Å². The number of benzene rings is 2. The lowest BCUT2D eigenvalue weighted by Crippen LogP contribution is -2.23. The molecule has 0 radical (unpaired) electrons. The number of nitrogens with zero attached hydrogens (tertiary/aromatic N) is 1. The molecule has 0 aliphatic carbocycles. The van der Waals surface area contributed by atoms with E-state index in [0.29, 0.717) is 16.5 Å². The molecule has 4 aromatic rings. The number of para-hydroxylation sites is 1. The Labute approximate surface area is 154 Å². The predicted octanol–water partition coefficient (Wildman–Crippen LogP) is 3.76.